The summed E-state index contributed by atoms with van der Waals surface area (Å²) in [5.74, 6) is -1.69. The minimum Gasteiger partial charge on any atom is -0.487 e. The van der Waals surface area contributed by atoms with Crippen molar-refractivity contribution in [2.45, 2.75) is 6.18 Å². The summed E-state index contributed by atoms with van der Waals surface area (Å²) in [6.07, 6.45) is -2.87. The van der Waals surface area contributed by atoms with E-state index in [0.29, 0.717) is 0 Å². The van der Waals surface area contributed by atoms with E-state index in [1.807, 2.05) is 0 Å². The van der Waals surface area contributed by atoms with E-state index in [1.54, 1.807) is 0 Å². The maximum absolute atomic E-state index is 12.9. The third kappa shape index (κ3) is 5.69. The lowest BCUT2D eigenvalue weighted by atomic mass is 10.1. The first-order chi connectivity index (χ1) is 9.74. The SMILES string of the molecule is O=C(O)C=Cc1ccc(OCC(Cl)=CCl)c(C(F)(F)F)c1. The molecule has 0 spiro atoms. The van der Waals surface area contributed by atoms with Crippen LogP contribution in [0.3, 0.4) is 0 Å². The Bertz CT molecular complexity index is 581. The van der Waals surface area contributed by atoms with E-state index in [9.17, 15) is 18.0 Å². The topological polar surface area (TPSA) is 46.5 Å². The van der Waals surface area contributed by atoms with Crippen molar-refractivity contribution in [1.29, 1.82) is 0 Å². The Kier molecular flexibility index (Phi) is 6.11. The lowest BCUT2D eigenvalue weighted by Gasteiger charge is -2.14. The van der Waals surface area contributed by atoms with Crippen LogP contribution in [-0.2, 0) is 11.0 Å². The largest absolute Gasteiger partial charge is 0.487 e. The minimum absolute atomic E-state index is 0.0413. The molecule has 1 rings (SSSR count). The first-order valence-corrected chi connectivity index (χ1v) is 6.25. The van der Waals surface area contributed by atoms with Gasteiger partial charge in [0.05, 0.1) is 10.6 Å². The summed E-state index contributed by atoms with van der Waals surface area (Å²) in [4.78, 5) is 10.4. The molecule has 114 valence electrons. The van der Waals surface area contributed by atoms with Gasteiger partial charge in [-0.1, -0.05) is 29.3 Å². The van der Waals surface area contributed by atoms with Crippen LogP contribution in [0.15, 0.2) is 34.8 Å². The van der Waals surface area contributed by atoms with Crippen LogP contribution in [0.4, 0.5) is 13.2 Å². The third-order valence-electron chi connectivity index (χ3n) is 2.21. The van der Waals surface area contributed by atoms with Crippen LogP contribution in [0.5, 0.6) is 5.75 Å². The molecule has 1 aromatic rings. The number of benzene rings is 1. The first kappa shape index (κ1) is 17.4. The standard InChI is InChI=1S/C13H9Cl2F3O3/c14-6-9(15)7-21-11-3-1-8(2-4-12(19)20)5-10(11)13(16,17)18/h1-6H,7H2,(H,19,20). The van der Waals surface area contributed by atoms with E-state index in [-0.39, 0.29) is 17.2 Å². The lowest BCUT2D eigenvalue weighted by molar-refractivity contribution is -0.139. The molecule has 0 aliphatic carbocycles. The van der Waals surface area contributed by atoms with E-state index in [0.717, 1.165) is 29.8 Å². The van der Waals surface area contributed by atoms with Crippen LogP contribution in [-0.4, -0.2) is 17.7 Å². The minimum atomic E-state index is -4.65. The Morgan fingerprint density at radius 1 is 1.38 bits per heavy atom. The summed E-state index contributed by atoms with van der Waals surface area (Å²) in [5, 5.41) is 8.51. The molecule has 0 atom stereocenters. The summed E-state index contributed by atoms with van der Waals surface area (Å²) in [6.45, 7) is -0.307. The van der Waals surface area contributed by atoms with Crippen molar-refractivity contribution < 1.29 is 27.8 Å². The second-order valence-corrected chi connectivity index (χ2v) is 4.47. The molecule has 1 N–H and O–H groups in total. The van der Waals surface area contributed by atoms with Crippen molar-refractivity contribution in [1.82, 2.24) is 0 Å². The van der Waals surface area contributed by atoms with Gasteiger partial charge in [0.2, 0.25) is 0 Å². The fourth-order valence-corrected chi connectivity index (χ4v) is 1.46. The summed E-state index contributed by atoms with van der Waals surface area (Å²) < 4.78 is 43.8. The molecular formula is C13H9Cl2F3O3. The highest BCUT2D eigenvalue weighted by Gasteiger charge is 2.34. The van der Waals surface area contributed by atoms with E-state index in [1.165, 1.54) is 6.07 Å². The van der Waals surface area contributed by atoms with Crippen LogP contribution in [0.2, 0.25) is 0 Å². The van der Waals surface area contributed by atoms with Crippen LogP contribution < -0.4 is 4.74 Å². The van der Waals surface area contributed by atoms with Gasteiger partial charge >= 0.3 is 12.1 Å². The van der Waals surface area contributed by atoms with Crippen molar-refractivity contribution >= 4 is 35.2 Å². The Morgan fingerprint density at radius 2 is 2.05 bits per heavy atom. The van der Waals surface area contributed by atoms with Crippen LogP contribution in [0.25, 0.3) is 6.08 Å². The maximum Gasteiger partial charge on any atom is 0.419 e. The van der Waals surface area contributed by atoms with Crippen LogP contribution >= 0.6 is 23.2 Å². The van der Waals surface area contributed by atoms with Crippen LogP contribution in [0, 0.1) is 0 Å². The highest BCUT2D eigenvalue weighted by atomic mass is 35.5. The number of carbonyl (C=O) groups is 1. The summed E-state index contributed by atoms with van der Waals surface area (Å²) >= 11 is 10.8. The molecule has 3 nitrogen and oxygen atoms in total. The van der Waals surface area contributed by atoms with E-state index >= 15 is 0 Å². The number of hydrogen-bond acceptors (Lipinski definition) is 2. The zero-order valence-corrected chi connectivity index (χ0v) is 11.8. The quantitative estimate of drug-likeness (QED) is 0.802. The zero-order valence-electron chi connectivity index (χ0n) is 10.3. The Labute approximate surface area is 128 Å². The molecule has 8 heteroatoms. The molecular weight excluding hydrogens is 332 g/mol. The molecule has 0 unspecified atom stereocenters. The number of hydrogen-bond donors (Lipinski definition) is 1. The number of rotatable bonds is 5. The highest BCUT2D eigenvalue weighted by Crippen LogP contribution is 2.37. The van der Waals surface area contributed by atoms with Crippen molar-refractivity contribution in [3.05, 3.63) is 46.0 Å². The molecule has 0 fully saturated rings. The van der Waals surface area contributed by atoms with E-state index in [2.05, 4.69) is 0 Å². The molecule has 0 aliphatic rings. The van der Waals surface area contributed by atoms with Crippen molar-refractivity contribution in [2.75, 3.05) is 6.61 Å². The molecule has 0 radical (unpaired) electrons. The predicted octanol–water partition coefficient (Wildman–Crippen LogP) is 4.50. The number of alkyl halides is 3. The molecule has 0 heterocycles. The second kappa shape index (κ2) is 7.38. The molecule has 0 saturated carbocycles. The highest BCUT2D eigenvalue weighted by molar-refractivity contribution is 6.36. The maximum atomic E-state index is 12.9. The zero-order chi connectivity index (χ0) is 16.0. The predicted molar refractivity (Wildman–Crippen MR) is 73.4 cm³/mol. The van der Waals surface area contributed by atoms with E-state index in [4.69, 9.17) is 33.0 Å². The summed E-state index contributed by atoms with van der Waals surface area (Å²) in [7, 11) is 0. The molecule has 21 heavy (non-hydrogen) atoms. The van der Waals surface area contributed by atoms with Gasteiger partial charge in [-0.15, -0.1) is 0 Å². The Hall–Kier alpha value is -1.66. The molecule has 0 amide bonds. The van der Waals surface area contributed by atoms with Crippen molar-refractivity contribution in [2.24, 2.45) is 0 Å². The van der Waals surface area contributed by atoms with Crippen molar-refractivity contribution in [3.8, 4) is 5.75 Å². The molecule has 0 aliphatic heterocycles. The second-order valence-electron chi connectivity index (χ2n) is 3.77. The summed E-state index contributed by atoms with van der Waals surface area (Å²) in [6, 6.07) is 3.16. The lowest BCUT2D eigenvalue weighted by Crippen LogP contribution is -2.10. The van der Waals surface area contributed by atoms with Gasteiger partial charge in [-0.05, 0) is 23.8 Å². The molecule has 0 aromatic heterocycles. The smallest absolute Gasteiger partial charge is 0.419 e. The Balaban J connectivity index is 3.11. The fourth-order valence-electron chi connectivity index (χ4n) is 1.34. The molecule has 0 bridgehead atoms. The van der Waals surface area contributed by atoms with Crippen molar-refractivity contribution in [3.63, 3.8) is 0 Å². The number of ether oxygens (including phenoxy) is 1. The number of aliphatic carboxylic acids is 1. The normalized spacial score (nSPS) is 12.7. The number of carboxylic acid groups (broad SMARTS) is 1. The monoisotopic (exact) mass is 340 g/mol. The van der Waals surface area contributed by atoms with Gasteiger partial charge in [0.15, 0.2) is 0 Å². The average Bonchev–Trinajstić information content (AvgIpc) is 2.41. The fraction of sp³-hybridized carbons (Fsp3) is 0.154. The summed E-state index contributed by atoms with van der Waals surface area (Å²) in [5.41, 5.74) is 0.0313. The van der Waals surface area contributed by atoms with Gasteiger partial charge in [0.25, 0.3) is 0 Å². The average molecular weight is 341 g/mol. The number of carboxylic acids is 1. The van der Waals surface area contributed by atoms with E-state index < -0.39 is 23.5 Å². The van der Waals surface area contributed by atoms with Gasteiger partial charge in [-0.2, -0.15) is 13.2 Å². The van der Waals surface area contributed by atoms with Gasteiger partial charge in [0.1, 0.15) is 12.4 Å². The Morgan fingerprint density at radius 3 is 2.57 bits per heavy atom. The number of halogens is 5. The van der Waals surface area contributed by atoms with Crippen LogP contribution in [0.1, 0.15) is 11.1 Å². The first-order valence-electron chi connectivity index (χ1n) is 5.44. The van der Waals surface area contributed by atoms with Gasteiger partial charge in [0, 0.05) is 11.6 Å². The van der Waals surface area contributed by atoms with Gasteiger partial charge < -0.3 is 9.84 Å². The third-order valence-corrected chi connectivity index (χ3v) is 2.80. The van der Waals surface area contributed by atoms with Gasteiger partial charge in [-0.3, -0.25) is 0 Å². The molecule has 0 saturated heterocycles. The molecule has 1 aromatic carbocycles. The van der Waals surface area contributed by atoms with Gasteiger partial charge in [-0.25, -0.2) is 4.79 Å².